The van der Waals surface area contributed by atoms with Gasteiger partial charge in [0.05, 0.1) is 0 Å². The van der Waals surface area contributed by atoms with Gasteiger partial charge >= 0.3 is 0 Å². The van der Waals surface area contributed by atoms with Crippen LogP contribution in [-0.4, -0.2) is 4.98 Å². The molecule has 0 aliphatic heterocycles. The molecule has 0 N–H and O–H groups in total. The number of rotatable bonds is 3. The van der Waals surface area contributed by atoms with Gasteiger partial charge in [0.15, 0.2) is 0 Å². The second-order valence-corrected chi connectivity index (χ2v) is 3.29. The van der Waals surface area contributed by atoms with E-state index in [9.17, 15) is 0 Å². The summed E-state index contributed by atoms with van der Waals surface area (Å²) in [6.45, 7) is 4.49. The van der Waals surface area contributed by atoms with Crippen LogP contribution in [-0.2, 0) is 6.42 Å². The summed E-state index contributed by atoms with van der Waals surface area (Å²) in [6, 6.07) is 4.13. The molecule has 0 fully saturated rings. The van der Waals surface area contributed by atoms with Crippen molar-refractivity contribution in [1.29, 1.82) is 0 Å². The number of hydrogen-bond acceptors (Lipinski definition) is 1. The van der Waals surface area contributed by atoms with Crippen LogP contribution in [0, 0.1) is 5.92 Å². The number of aromatic nitrogens is 1. The van der Waals surface area contributed by atoms with Gasteiger partial charge in [0, 0.05) is 12.4 Å². The first kappa shape index (κ1) is 8.25. The molecule has 0 saturated carbocycles. The Labute approximate surface area is 68.5 Å². The Balaban J connectivity index is 2.39. The third-order valence-corrected chi connectivity index (χ3v) is 1.73. The maximum Gasteiger partial charge on any atom is 0.0299 e. The van der Waals surface area contributed by atoms with E-state index in [2.05, 4.69) is 24.9 Å². The molecule has 1 aromatic rings. The van der Waals surface area contributed by atoms with Gasteiger partial charge in [0.25, 0.3) is 0 Å². The maximum atomic E-state index is 4.06. The molecule has 0 aromatic carbocycles. The minimum atomic E-state index is 0.787. The summed E-state index contributed by atoms with van der Waals surface area (Å²) >= 11 is 0. The van der Waals surface area contributed by atoms with Gasteiger partial charge in [-0.2, -0.15) is 0 Å². The van der Waals surface area contributed by atoms with Gasteiger partial charge in [-0.1, -0.05) is 19.9 Å². The first-order valence-electron chi connectivity index (χ1n) is 4.18. The van der Waals surface area contributed by atoms with Crippen LogP contribution in [0.25, 0.3) is 0 Å². The molecule has 0 unspecified atom stereocenters. The fraction of sp³-hybridized carbons (Fsp3) is 0.500. The molecule has 0 radical (unpaired) electrons. The molecule has 1 nitrogen and oxygen atoms in total. The molecule has 0 bridgehead atoms. The van der Waals surface area contributed by atoms with Crippen molar-refractivity contribution in [3.63, 3.8) is 0 Å². The van der Waals surface area contributed by atoms with Crippen molar-refractivity contribution >= 4 is 0 Å². The van der Waals surface area contributed by atoms with Crippen molar-refractivity contribution in [2.75, 3.05) is 0 Å². The minimum Gasteiger partial charge on any atom is -0.264 e. The molecule has 11 heavy (non-hydrogen) atoms. The molecule has 1 heteroatoms. The van der Waals surface area contributed by atoms with Gasteiger partial charge in [-0.05, 0) is 30.4 Å². The smallest absolute Gasteiger partial charge is 0.0299 e. The van der Waals surface area contributed by atoms with E-state index in [0.717, 1.165) is 12.3 Å². The van der Waals surface area contributed by atoms with E-state index in [1.165, 1.54) is 12.0 Å². The molecule has 0 atom stereocenters. The predicted octanol–water partition coefficient (Wildman–Crippen LogP) is 2.67. The lowest BCUT2D eigenvalue weighted by Gasteiger charge is -2.02. The van der Waals surface area contributed by atoms with Crippen LogP contribution in [0.15, 0.2) is 24.5 Å². The van der Waals surface area contributed by atoms with Crippen molar-refractivity contribution < 1.29 is 0 Å². The van der Waals surface area contributed by atoms with Crippen LogP contribution < -0.4 is 0 Å². The summed E-state index contributed by atoms with van der Waals surface area (Å²) in [4.78, 5) is 4.06. The lowest BCUT2D eigenvalue weighted by atomic mass is 10.0. The van der Waals surface area contributed by atoms with Crippen LogP contribution in [0.5, 0.6) is 0 Å². The zero-order chi connectivity index (χ0) is 8.10. The molecule has 0 saturated heterocycles. The highest BCUT2D eigenvalue weighted by atomic mass is 14.6. The molecule has 60 valence electrons. The summed E-state index contributed by atoms with van der Waals surface area (Å²) in [7, 11) is 0. The van der Waals surface area contributed by atoms with Crippen molar-refractivity contribution in [3.05, 3.63) is 30.1 Å². The zero-order valence-corrected chi connectivity index (χ0v) is 7.25. The highest BCUT2D eigenvalue weighted by Crippen LogP contribution is 2.06. The number of aryl methyl sites for hydroxylation is 1. The van der Waals surface area contributed by atoms with Gasteiger partial charge in [0.2, 0.25) is 0 Å². The third kappa shape index (κ3) is 3.17. The number of hydrogen-bond donors (Lipinski definition) is 0. The van der Waals surface area contributed by atoms with Gasteiger partial charge in [-0.25, -0.2) is 0 Å². The SMILES string of the molecule is CC(C)CCc1cccnc1. The zero-order valence-electron chi connectivity index (χ0n) is 7.25. The van der Waals surface area contributed by atoms with E-state index in [0.29, 0.717) is 0 Å². The Morgan fingerprint density at radius 2 is 2.27 bits per heavy atom. The van der Waals surface area contributed by atoms with Crippen LogP contribution in [0.1, 0.15) is 25.8 Å². The highest BCUT2D eigenvalue weighted by Gasteiger charge is 1.95. The van der Waals surface area contributed by atoms with E-state index in [1.54, 1.807) is 0 Å². The second-order valence-electron chi connectivity index (χ2n) is 3.29. The van der Waals surface area contributed by atoms with E-state index in [4.69, 9.17) is 0 Å². The van der Waals surface area contributed by atoms with Gasteiger partial charge in [-0.3, -0.25) is 4.98 Å². The first-order valence-corrected chi connectivity index (χ1v) is 4.18. The average molecular weight is 149 g/mol. The monoisotopic (exact) mass is 149 g/mol. The van der Waals surface area contributed by atoms with Crippen molar-refractivity contribution in [1.82, 2.24) is 4.98 Å². The highest BCUT2D eigenvalue weighted by molar-refractivity contribution is 5.08. The topological polar surface area (TPSA) is 12.9 Å². The van der Waals surface area contributed by atoms with Gasteiger partial charge in [-0.15, -0.1) is 0 Å². The molecule has 0 aliphatic rings. The summed E-state index contributed by atoms with van der Waals surface area (Å²) in [5.41, 5.74) is 1.35. The molecular weight excluding hydrogens is 134 g/mol. The molecule has 1 heterocycles. The minimum absolute atomic E-state index is 0.787. The van der Waals surface area contributed by atoms with E-state index < -0.39 is 0 Å². The standard InChI is InChI=1S/C10H15N/c1-9(2)5-6-10-4-3-7-11-8-10/h3-4,7-9H,5-6H2,1-2H3. The number of nitrogens with zero attached hydrogens (tertiary/aromatic N) is 1. The Morgan fingerprint density at radius 1 is 1.45 bits per heavy atom. The van der Waals surface area contributed by atoms with Crippen molar-refractivity contribution in [2.45, 2.75) is 26.7 Å². The normalized spacial score (nSPS) is 10.5. The van der Waals surface area contributed by atoms with E-state index >= 15 is 0 Å². The fourth-order valence-corrected chi connectivity index (χ4v) is 1.00. The molecule has 1 rings (SSSR count). The van der Waals surface area contributed by atoms with Crippen molar-refractivity contribution in [2.24, 2.45) is 5.92 Å². The summed E-state index contributed by atoms with van der Waals surface area (Å²) in [6.07, 6.45) is 6.18. The fourth-order valence-electron chi connectivity index (χ4n) is 1.00. The second kappa shape index (κ2) is 4.12. The Kier molecular flexibility index (Phi) is 3.09. The molecule has 0 amide bonds. The Hall–Kier alpha value is -0.850. The Morgan fingerprint density at radius 3 is 2.82 bits per heavy atom. The van der Waals surface area contributed by atoms with Gasteiger partial charge in [0.1, 0.15) is 0 Å². The third-order valence-electron chi connectivity index (χ3n) is 1.73. The molecule has 1 aromatic heterocycles. The Bertz CT molecular complexity index is 191. The summed E-state index contributed by atoms with van der Waals surface area (Å²) in [5.74, 6) is 0.787. The predicted molar refractivity (Wildman–Crippen MR) is 47.4 cm³/mol. The number of pyridine rings is 1. The molecule has 0 aliphatic carbocycles. The van der Waals surface area contributed by atoms with Crippen molar-refractivity contribution in [3.8, 4) is 0 Å². The van der Waals surface area contributed by atoms with E-state index in [1.807, 2.05) is 18.5 Å². The lowest BCUT2D eigenvalue weighted by Crippen LogP contribution is -1.91. The largest absolute Gasteiger partial charge is 0.264 e. The summed E-state index contributed by atoms with van der Waals surface area (Å²) in [5, 5.41) is 0. The van der Waals surface area contributed by atoms with Crippen LogP contribution in [0.2, 0.25) is 0 Å². The molecular formula is C10H15N. The molecule has 0 spiro atoms. The summed E-state index contributed by atoms with van der Waals surface area (Å²) < 4.78 is 0. The van der Waals surface area contributed by atoms with E-state index in [-0.39, 0.29) is 0 Å². The van der Waals surface area contributed by atoms with Crippen LogP contribution in [0.3, 0.4) is 0 Å². The lowest BCUT2D eigenvalue weighted by molar-refractivity contribution is 0.586. The maximum absolute atomic E-state index is 4.06. The first-order chi connectivity index (χ1) is 5.29. The van der Waals surface area contributed by atoms with Crippen LogP contribution >= 0.6 is 0 Å². The van der Waals surface area contributed by atoms with Gasteiger partial charge < -0.3 is 0 Å². The quantitative estimate of drug-likeness (QED) is 0.644. The van der Waals surface area contributed by atoms with Crippen LogP contribution in [0.4, 0.5) is 0 Å². The average Bonchev–Trinajstić information content (AvgIpc) is 2.03.